The summed E-state index contributed by atoms with van der Waals surface area (Å²) in [7, 11) is 0. The maximum absolute atomic E-state index is 11.9. The largest absolute Gasteiger partial charge is 0.573 e. The summed E-state index contributed by atoms with van der Waals surface area (Å²) in [5, 5.41) is 9.68. The molecule has 1 atom stereocenters. The van der Waals surface area contributed by atoms with Crippen molar-refractivity contribution >= 4 is 0 Å². The van der Waals surface area contributed by atoms with Crippen molar-refractivity contribution in [1.82, 2.24) is 0 Å². The first kappa shape index (κ1) is 13.2. The van der Waals surface area contributed by atoms with Crippen LogP contribution in [0.1, 0.15) is 24.8 Å². The Balaban J connectivity index is 1.83. The molecule has 0 heterocycles. The molecule has 0 bridgehead atoms. The number of benzene rings is 1. The number of alkyl halides is 3. The number of rotatable bonds is 5. The Labute approximate surface area is 103 Å². The lowest BCUT2D eigenvalue weighted by molar-refractivity contribution is -0.274. The first-order chi connectivity index (χ1) is 8.44. The van der Waals surface area contributed by atoms with E-state index in [4.69, 9.17) is 0 Å². The van der Waals surface area contributed by atoms with Gasteiger partial charge in [-0.05, 0) is 49.3 Å². The second-order valence-corrected chi connectivity index (χ2v) is 4.64. The maximum Gasteiger partial charge on any atom is 0.573 e. The van der Waals surface area contributed by atoms with E-state index in [1.807, 2.05) is 0 Å². The highest BCUT2D eigenvalue weighted by molar-refractivity contribution is 5.27. The smallest absolute Gasteiger partial charge is 0.406 e. The maximum atomic E-state index is 11.9. The molecule has 0 unspecified atom stereocenters. The first-order valence-electron chi connectivity index (χ1n) is 5.97. The molecule has 2 rings (SSSR count). The van der Waals surface area contributed by atoms with E-state index < -0.39 is 6.36 Å². The second kappa shape index (κ2) is 5.18. The fourth-order valence-electron chi connectivity index (χ4n) is 1.89. The third kappa shape index (κ3) is 4.22. The van der Waals surface area contributed by atoms with Crippen LogP contribution in [0.3, 0.4) is 0 Å². The number of ether oxygens (including phenoxy) is 1. The van der Waals surface area contributed by atoms with Crippen molar-refractivity contribution in [2.45, 2.75) is 38.1 Å². The van der Waals surface area contributed by atoms with Gasteiger partial charge in [0, 0.05) is 0 Å². The Hall–Kier alpha value is -1.23. The molecule has 1 aromatic rings. The van der Waals surface area contributed by atoms with E-state index in [1.54, 1.807) is 12.1 Å². The predicted molar refractivity (Wildman–Crippen MR) is 60.2 cm³/mol. The van der Waals surface area contributed by atoms with Crippen LogP contribution in [0.25, 0.3) is 0 Å². The monoisotopic (exact) mass is 260 g/mol. The summed E-state index contributed by atoms with van der Waals surface area (Å²) < 4.78 is 39.6. The Morgan fingerprint density at radius 3 is 2.33 bits per heavy atom. The average molecular weight is 260 g/mol. The first-order valence-corrected chi connectivity index (χ1v) is 5.97. The van der Waals surface area contributed by atoms with E-state index in [2.05, 4.69) is 4.74 Å². The highest BCUT2D eigenvalue weighted by Crippen LogP contribution is 2.34. The number of aliphatic hydroxyl groups excluding tert-OH is 1. The van der Waals surface area contributed by atoms with Crippen LogP contribution in [0, 0.1) is 5.92 Å². The van der Waals surface area contributed by atoms with Gasteiger partial charge in [0.25, 0.3) is 0 Å². The van der Waals surface area contributed by atoms with E-state index >= 15 is 0 Å². The minimum atomic E-state index is -4.65. The topological polar surface area (TPSA) is 29.5 Å². The summed E-state index contributed by atoms with van der Waals surface area (Å²) in [6, 6.07) is 5.79. The molecule has 5 heteroatoms. The lowest BCUT2D eigenvalue weighted by atomic mass is 10.0. The molecule has 0 spiro atoms. The van der Waals surface area contributed by atoms with Gasteiger partial charge in [-0.3, -0.25) is 0 Å². The van der Waals surface area contributed by atoms with Crippen LogP contribution < -0.4 is 4.74 Å². The van der Waals surface area contributed by atoms with Crippen LogP contribution in [-0.4, -0.2) is 17.6 Å². The van der Waals surface area contributed by atoms with Crippen molar-refractivity contribution in [3.05, 3.63) is 29.8 Å². The molecule has 2 nitrogen and oxygen atoms in total. The lowest BCUT2D eigenvalue weighted by Gasteiger charge is -2.10. The zero-order chi connectivity index (χ0) is 13.2. The van der Waals surface area contributed by atoms with Gasteiger partial charge in [-0.15, -0.1) is 13.2 Å². The third-order valence-corrected chi connectivity index (χ3v) is 3.05. The van der Waals surface area contributed by atoms with Gasteiger partial charge in [0.15, 0.2) is 0 Å². The molecule has 0 amide bonds. The Bertz CT molecular complexity index is 382. The predicted octanol–water partition coefficient (Wildman–Crippen LogP) is 3.29. The molecular weight excluding hydrogens is 245 g/mol. The van der Waals surface area contributed by atoms with Crippen molar-refractivity contribution in [2.24, 2.45) is 5.92 Å². The molecule has 18 heavy (non-hydrogen) atoms. The van der Waals surface area contributed by atoms with E-state index in [0.717, 1.165) is 18.4 Å². The van der Waals surface area contributed by atoms with E-state index in [1.165, 1.54) is 12.1 Å². The minimum absolute atomic E-state index is 0.214. The van der Waals surface area contributed by atoms with Gasteiger partial charge < -0.3 is 9.84 Å². The normalized spacial score (nSPS) is 17.6. The van der Waals surface area contributed by atoms with Crippen molar-refractivity contribution in [3.8, 4) is 5.75 Å². The van der Waals surface area contributed by atoms with Gasteiger partial charge in [0.1, 0.15) is 5.75 Å². The summed E-state index contributed by atoms with van der Waals surface area (Å²) in [5.74, 6) is 0.215. The Kier molecular flexibility index (Phi) is 3.80. The number of aryl methyl sites for hydroxylation is 1. The molecule has 100 valence electrons. The zero-order valence-electron chi connectivity index (χ0n) is 9.78. The molecule has 1 aliphatic carbocycles. The molecule has 1 N–H and O–H groups in total. The number of halogens is 3. The van der Waals surface area contributed by atoms with E-state index in [9.17, 15) is 18.3 Å². The van der Waals surface area contributed by atoms with Crippen molar-refractivity contribution in [1.29, 1.82) is 0 Å². The Morgan fingerprint density at radius 2 is 1.83 bits per heavy atom. The molecule has 1 aromatic carbocycles. The van der Waals surface area contributed by atoms with Crippen molar-refractivity contribution < 1.29 is 23.0 Å². The summed E-state index contributed by atoms with van der Waals surface area (Å²) >= 11 is 0. The molecule has 1 aliphatic rings. The average Bonchev–Trinajstić information content (AvgIpc) is 3.09. The fourth-order valence-corrected chi connectivity index (χ4v) is 1.89. The van der Waals surface area contributed by atoms with Crippen LogP contribution in [0.2, 0.25) is 0 Å². The standard InChI is InChI=1S/C13H15F3O2/c14-13(15,16)18-11-6-1-9(2-7-11)3-8-12(17)10-4-5-10/h1-2,6-7,10,12,17H,3-5,8H2/t12-/m1/s1. The lowest BCUT2D eigenvalue weighted by Crippen LogP contribution is -2.17. The SMILES string of the molecule is O[C@H](CCc1ccc(OC(F)(F)F)cc1)C1CC1. The van der Waals surface area contributed by atoms with Crippen LogP contribution in [-0.2, 0) is 6.42 Å². The molecule has 0 saturated heterocycles. The van der Waals surface area contributed by atoms with Gasteiger partial charge in [-0.25, -0.2) is 0 Å². The van der Waals surface area contributed by atoms with Gasteiger partial charge in [-0.1, -0.05) is 12.1 Å². The van der Waals surface area contributed by atoms with Crippen LogP contribution in [0.5, 0.6) is 5.75 Å². The fraction of sp³-hybridized carbons (Fsp3) is 0.538. The highest BCUT2D eigenvalue weighted by atomic mass is 19.4. The minimum Gasteiger partial charge on any atom is -0.406 e. The number of hydrogen-bond donors (Lipinski definition) is 1. The summed E-state index contributed by atoms with van der Waals surface area (Å²) in [5.41, 5.74) is 0.907. The summed E-state index contributed by atoms with van der Waals surface area (Å²) in [4.78, 5) is 0. The summed E-state index contributed by atoms with van der Waals surface area (Å²) in [6.07, 6.45) is -1.44. The molecule has 1 fully saturated rings. The quantitative estimate of drug-likeness (QED) is 0.880. The van der Waals surface area contributed by atoms with Crippen molar-refractivity contribution in [3.63, 3.8) is 0 Å². The Morgan fingerprint density at radius 1 is 1.22 bits per heavy atom. The summed E-state index contributed by atoms with van der Waals surface area (Å²) in [6.45, 7) is 0. The van der Waals surface area contributed by atoms with E-state index in [0.29, 0.717) is 18.8 Å². The van der Waals surface area contributed by atoms with E-state index in [-0.39, 0.29) is 11.9 Å². The third-order valence-electron chi connectivity index (χ3n) is 3.05. The second-order valence-electron chi connectivity index (χ2n) is 4.64. The highest BCUT2D eigenvalue weighted by Gasteiger charge is 2.31. The van der Waals surface area contributed by atoms with Gasteiger partial charge in [-0.2, -0.15) is 0 Å². The molecule has 0 radical (unpaired) electrons. The van der Waals surface area contributed by atoms with Gasteiger partial charge >= 0.3 is 6.36 Å². The number of hydrogen-bond acceptors (Lipinski definition) is 2. The molecular formula is C13H15F3O2. The molecule has 0 aliphatic heterocycles. The van der Waals surface area contributed by atoms with Gasteiger partial charge in [0.2, 0.25) is 0 Å². The molecule has 1 saturated carbocycles. The van der Waals surface area contributed by atoms with Gasteiger partial charge in [0.05, 0.1) is 6.10 Å². The van der Waals surface area contributed by atoms with Crippen LogP contribution in [0.4, 0.5) is 13.2 Å². The molecule has 0 aromatic heterocycles. The number of aliphatic hydroxyl groups is 1. The zero-order valence-corrected chi connectivity index (χ0v) is 9.78. The van der Waals surface area contributed by atoms with Crippen molar-refractivity contribution in [2.75, 3.05) is 0 Å². The van der Waals surface area contributed by atoms with Crippen LogP contribution in [0.15, 0.2) is 24.3 Å². The van der Waals surface area contributed by atoms with Crippen LogP contribution >= 0.6 is 0 Å².